The van der Waals surface area contributed by atoms with E-state index in [0.717, 1.165) is 48.3 Å². The summed E-state index contributed by atoms with van der Waals surface area (Å²) >= 11 is 1.57. The highest BCUT2D eigenvalue weighted by molar-refractivity contribution is 7.03. The van der Waals surface area contributed by atoms with E-state index < -0.39 is 6.10 Å². The Kier molecular flexibility index (Phi) is 5.99. The summed E-state index contributed by atoms with van der Waals surface area (Å²) in [5.41, 5.74) is 1.82. The van der Waals surface area contributed by atoms with Gasteiger partial charge in [-0.15, -0.1) is 0 Å². The molecule has 178 valence electrons. The Balaban J connectivity index is 1.10. The van der Waals surface area contributed by atoms with Gasteiger partial charge in [0, 0.05) is 60.4 Å². The molecule has 0 aliphatic carbocycles. The number of nitrogens with zero attached hydrogens (tertiary/aromatic N) is 4. The van der Waals surface area contributed by atoms with Gasteiger partial charge in [0.15, 0.2) is 0 Å². The highest BCUT2D eigenvalue weighted by atomic mass is 32.1. The predicted octanol–water partition coefficient (Wildman–Crippen LogP) is 1.81. The van der Waals surface area contributed by atoms with E-state index in [1.807, 2.05) is 30.5 Å². The van der Waals surface area contributed by atoms with E-state index in [1.165, 1.54) is 22.6 Å². The SMILES string of the molecule is COc1ccc2nccc(C(O)CN3C4CCC3CC(NCN3C=c5cnsc5=CC3)C4)c2c1. The van der Waals surface area contributed by atoms with E-state index in [-0.39, 0.29) is 0 Å². The molecule has 0 amide bonds. The minimum absolute atomic E-state index is 0.521. The van der Waals surface area contributed by atoms with Crippen molar-refractivity contribution in [2.75, 3.05) is 26.9 Å². The first-order chi connectivity index (χ1) is 16.7. The van der Waals surface area contributed by atoms with Crippen LogP contribution in [0.4, 0.5) is 0 Å². The molecule has 2 aromatic heterocycles. The van der Waals surface area contributed by atoms with Crippen molar-refractivity contribution in [3.8, 4) is 5.75 Å². The molecule has 5 heterocycles. The monoisotopic (exact) mass is 477 g/mol. The van der Waals surface area contributed by atoms with Crippen LogP contribution < -0.4 is 19.8 Å². The second-order valence-electron chi connectivity index (χ2n) is 9.66. The lowest BCUT2D eigenvalue weighted by Crippen LogP contribution is -2.51. The van der Waals surface area contributed by atoms with Crippen molar-refractivity contribution in [3.63, 3.8) is 0 Å². The molecular formula is C26H31N5O2S. The molecule has 3 aromatic rings. The van der Waals surface area contributed by atoms with Crippen molar-refractivity contribution in [2.45, 2.75) is 49.9 Å². The number of hydrogen-bond acceptors (Lipinski definition) is 8. The highest BCUT2D eigenvalue weighted by Gasteiger charge is 2.41. The molecule has 2 N–H and O–H groups in total. The third-order valence-corrected chi connectivity index (χ3v) is 8.46. The summed E-state index contributed by atoms with van der Waals surface area (Å²) in [7, 11) is 1.67. The lowest BCUT2D eigenvalue weighted by molar-refractivity contribution is 0.0511. The number of benzene rings is 1. The number of fused-ring (bicyclic) bond motifs is 4. The Morgan fingerprint density at radius 3 is 2.91 bits per heavy atom. The summed E-state index contributed by atoms with van der Waals surface area (Å²) in [6, 6.07) is 9.38. The van der Waals surface area contributed by atoms with Crippen LogP contribution in [0.2, 0.25) is 0 Å². The summed E-state index contributed by atoms with van der Waals surface area (Å²) in [4.78, 5) is 9.35. The summed E-state index contributed by atoms with van der Waals surface area (Å²) in [5.74, 6) is 0.788. The number of rotatable bonds is 7. The van der Waals surface area contributed by atoms with Gasteiger partial charge in [-0.1, -0.05) is 0 Å². The third kappa shape index (κ3) is 4.20. The van der Waals surface area contributed by atoms with Gasteiger partial charge >= 0.3 is 0 Å². The van der Waals surface area contributed by atoms with Gasteiger partial charge in [0.2, 0.25) is 0 Å². The highest BCUT2D eigenvalue weighted by Crippen LogP contribution is 2.38. The van der Waals surface area contributed by atoms with Gasteiger partial charge in [-0.25, -0.2) is 0 Å². The molecule has 1 aromatic carbocycles. The molecule has 3 aliphatic heterocycles. The number of aliphatic hydroxyl groups excluding tert-OH is 1. The largest absolute Gasteiger partial charge is 0.497 e. The fraction of sp³-hybridized carbons (Fsp3) is 0.462. The average molecular weight is 478 g/mol. The maximum absolute atomic E-state index is 11.3. The maximum atomic E-state index is 11.3. The third-order valence-electron chi connectivity index (χ3n) is 7.65. The van der Waals surface area contributed by atoms with Gasteiger partial charge < -0.3 is 14.7 Å². The molecule has 34 heavy (non-hydrogen) atoms. The molecule has 0 radical (unpaired) electrons. The van der Waals surface area contributed by atoms with Crippen molar-refractivity contribution in [1.29, 1.82) is 0 Å². The van der Waals surface area contributed by atoms with Crippen molar-refractivity contribution in [3.05, 3.63) is 52.0 Å². The summed E-state index contributed by atoms with van der Waals surface area (Å²) in [6.07, 6.45) is 12.4. The van der Waals surface area contributed by atoms with Crippen LogP contribution in [0.15, 0.2) is 36.7 Å². The minimum Gasteiger partial charge on any atom is -0.497 e. The predicted molar refractivity (Wildman–Crippen MR) is 135 cm³/mol. The molecule has 0 spiro atoms. The smallest absolute Gasteiger partial charge is 0.119 e. The topological polar surface area (TPSA) is 73.8 Å². The van der Waals surface area contributed by atoms with E-state index in [2.05, 4.69) is 36.8 Å². The Morgan fingerprint density at radius 1 is 1.24 bits per heavy atom. The molecule has 2 fully saturated rings. The zero-order valence-electron chi connectivity index (χ0n) is 19.4. The van der Waals surface area contributed by atoms with E-state index >= 15 is 0 Å². The quantitative estimate of drug-likeness (QED) is 0.538. The number of piperidine rings is 1. The van der Waals surface area contributed by atoms with Crippen LogP contribution >= 0.6 is 11.5 Å². The van der Waals surface area contributed by atoms with Crippen molar-refractivity contribution < 1.29 is 9.84 Å². The molecule has 7 nitrogen and oxygen atoms in total. The van der Waals surface area contributed by atoms with Gasteiger partial charge in [-0.05, 0) is 73.1 Å². The van der Waals surface area contributed by atoms with E-state index in [9.17, 15) is 5.11 Å². The number of aromatic nitrogens is 2. The second kappa shape index (κ2) is 9.26. The van der Waals surface area contributed by atoms with Crippen LogP contribution in [0, 0.1) is 0 Å². The molecule has 2 saturated heterocycles. The standard InChI is InChI=1S/C26H31N5O2S/c1-33-21-4-5-24-23(12-21)22(6-8-27-24)25(32)15-31-19-2-3-20(31)11-18(10-19)28-16-30-9-7-26-17(14-30)13-29-34-26/h4-8,12-14,18-20,25,28,32H,2-3,9-11,15-16H2,1H3. The van der Waals surface area contributed by atoms with Crippen molar-refractivity contribution in [1.82, 2.24) is 24.5 Å². The van der Waals surface area contributed by atoms with Gasteiger partial charge in [-0.2, -0.15) is 4.37 Å². The second-order valence-corrected chi connectivity index (χ2v) is 10.5. The molecule has 3 unspecified atom stereocenters. The number of nitrogens with one attached hydrogen (secondary N) is 1. The number of ether oxygens (including phenoxy) is 1. The van der Waals surface area contributed by atoms with Crippen molar-refractivity contribution >= 4 is 34.7 Å². The van der Waals surface area contributed by atoms with Crippen LogP contribution in [0.25, 0.3) is 23.2 Å². The molecule has 2 bridgehead atoms. The van der Waals surface area contributed by atoms with E-state index in [1.54, 1.807) is 24.8 Å². The Labute approximate surface area is 203 Å². The summed E-state index contributed by atoms with van der Waals surface area (Å²) < 4.78 is 11.0. The lowest BCUT2D eigenvalue weighted by atomic mass is 9.95. The summed E-state index contributed by atoms with van der Waals surface area (Å²) in [5, 5.41) is 17.3. The first kappa shape index (κ1) is 22.0. The van der Waals surface area contributed by atoms with E-state index in [4.69, 9.17) is 4.74 Å². The number of methoxy groups -OCH3 is 1. The average Bonchev–Trinajstić information content (AvgIpc) is 3.42. The first-order valence-electron chi connectivity index (χ1n) is 12.1. The minimum atomic E-state index is -0.544. The van der Waals surface area contributed by atoms with E-state index in [0.29, 0.717) is 24.7 Å². The molecule has 6 rings (SSSR count). The van der Waals surface area contributed by atoms with Crippen LogP contribution in [0.3, 0.4) is 0 Å². The molecule has 8 heteroatoms. The Bertz CT molecular complexity index is 1280. The first-order valence-corrected chi connectivity index (χ1v) is 12.9. The fourth-order valence-corrected chi connectivity index (χ4v) is 6.56. The molecule has 3 atom stereocenters. The van der Waals surface area contributed by atoms with Gasteiger partial charge in [0.25, 0.3) is 0 Å². The van der Waals surface area contributed by atoms with Gasteiger partial charge in [-0.3, -0.25) is 15.2 Å². The maximum Gasteiger partial charge on any atom is 0.119 e. The Morgan fingerprint density at radius 2 is 2.09 bits per heavy atom. The molecular weight excluding hydrogens is 446 g/mol. The van der Waals surface area contributed by atoms with Crippen LogP contribution in [0.5, 0.6) is 5.75 Å². The van der Waals surface area contributed by atoms with Gasteiger partial charge in [0.05, 0.1) is 29.9 Å². The molecule has 3 aliphatic rings. The van der Waals surface area contributed by atoms with Crippen LogP contribution in [-0.2, 0) is 0 Å². The zero-order chi connectivity index (χ0) is 23.1. The zero-order valence-corrected chi connectivity index (χ0v) is 20.2. The fourth-order valence-electron chi connectivity index (χ4n) is 5.92. The van der Waals surface area contributed by atoms with Crippen LogP contribution in [0.1, 0.15) is 37.4 Å². The summed E-state index contributed by atoms with van der Waals surface area (Å²) in [6.45, 7) is 2.47. The van der Waals surface area contributed by atoms with Crippen molar-refractivity contribution in [2.24, 2.45) is 0 Å². The number of hydrogen-bond donors (Lipinski definition) is 2. The normalized spacial score (nSPS) is 25.0. The van der Waals surface area contributed by atoms with Crippen LogP contribution in [-0.4, -0.2) is 69.3 Å². The number of pyridine rings is 1. The van der Waals surface area contributed by atoms with Gasteiger partial charge in [0.1, 0.15) is 5.75 Å². The lowest BCUT2D eigenvalue weighted by Gasteiger charge is -2.41. The number of aliphatic hydroxyl groups is 1. The molecule has 0 saturated carbocycles. The Hall–Kier alpha value is -2.52.